The van der Waals surface area contributed by atoms with E-state index in [-0.39, 0.29) is 5.75 Å². The molecule has 4 rings (SSSR count). The molecule has 0 radical (unpaired) electrons. The molecule has 0 amide bonds. The molecule has 1 aromatic carbocycles. The van der Waals surface area contributed by atoms with E-state index in [9.17, 15) is 14.5 Å². The standard InChI is InChI=1S/C11H13N5.C7H6FNO3/c12-11-13-5-4-9(15-11)8-7-14-16-6-2-1-3-10(8)16;1-12-5-2-3-7(9(10)11)6(8)4-5/h4-5,7H,1-3,6H2,(H2,12,13,15);2-4H,1H3. The largest absolute Gasteiger partial charge is 0.497 e. The fourth-order valence-electron chi connectivity index (χ4n) is 2.92. The number of nitrogens with zero attached hydrogens (tertiary/aromatic N) is 5. The summed E-state index contributed by atoms with van der Waals surface area (Å²) in [5, 5.41) is 14.5. The molecule has 10 heteroatoms. The van der Waals surface area contributed by atoms with E-state index in [0.29, 0.717) is 5.95 Å². The van der Waals surface area contributed by atoms with Crippen LogP contribution in [0.4, 0.5) is 16.0 Å². The Morgan fingerprint density at radius 2 is 2.14 bits per heavy atom. The minimum Gasteiger partial charge on any atom is -0.497 e. The summed E-state index contributed by atoms with van der Waals surface area (Å²) in [4.78, 5) is 17.5. The van der Waals surface area contributed by atoms with Gasteiger partial charge in [0.25, 0.3) is 0 Å². The average Bonchev–Trinajstić information content (AvgIpc) is 3.12. The minimum atomic E-state index is -0.889. The SMILES string of the molecule is COc1ccc([N+](=O)[O-])c(F)c1.Nc1nccc(-c2cnn3c2CCCC3)n1. The third-order valence-electron chi connectivity index (χ3n) is 4.28. The van der Waals surface area contributed by atoms with Gasteiger partial charge in [-0.15, -0.1) is 0 Å². The number of fused-ring (bicyclic) bond motifs is 1. The number of aromatic nitrogens is 4. The summed E-state index contributed by atoms with van der Waals surface area (Å²) >= 11 is 0. The molecule has 2 N–H and O–H groups in total. The molecule has 0 saturated carbocycles. The van der Waals surface area contributed by atoms with E-state index in [1.54, 1.807) is 6.20 Å². The maximum atomic E-state index is 12.8. The van der Waals surface area contributed by atoms with Crippen molar-refractivity contribution in [1.29, 1.82) is 0 Å². The lowest BCUT2D eigenvalue weighted by atomic mass is 10.0. The van der Waals surface area contributed by atoms with Crippen LogP contribution in [0.15, 0.2) is 36.7 Å². The number of nitro benzene ring substituents is 1. The van der Waals surface area contributed by atoms with Gasteiger partial charge < -0.3 is 10.5 Å². The van der Waals surface area contributed by atoms with Gasteiger partial charge in [0.1, 0.15) is 5.75 Å². The number of aryl methyl sites for hydroxylation is 1. The number of nitrogen functional groups attached to an aromatic ring is 1. The Balaban J connectivity index is 0.000000169. The summed E-state index contributed by atoms with van der Waals surface area (Å²) in [5.41, 5.74) is 8.28. The van der Waals surface area contributed by atoms with Crippen molar-refractivity contribution in [3.63, 3.8) is 0 Å². The molecule has 28 heavy (non-hydrogen) atoms. The first-order valence-corrected chi connectivity index (χ1v) is 8.61. The predicted molar refractivity (Wildman–Crippen MR) is 100 cm³/mol. The van der Waals surface area contributed by atoms with Crippen molar-refractivity contribution < 1.29 is 14.1 Å². The van der Waals surface area contributed by atoms with Gasteiger partial charge in [0, 0.05) is 36.1 Å². The number of hydrogen-bond acceptors (Lipinski definition) is 7. The van der Waals surface area contributed by atoms with Gasteiger partial charge in [-0.2, -0.15) is 9.49 Å². The van der Waals surface area contributed by atoms with Crippen molar-refractivity contribution in [2.24, 2.45) is 0 Å². The second kappa shape index (κ2) is 8.42. The Bertz CT molecular complexity index is 991. The van der Waals surface area contributed by atoms with Crippen LogP contribution in [0, 0.1) is 15.9 Å². The molecule has 0 spiro atoms. The zero-order valence-corrected chi connectivity index (χ0v) is 15.2. The van der Waals surface area contributed by atoms with Crippen LogP contribution in [0.3, 0.4) is 0 Å². The number of nitro groups is 1. The molecule has 2 aromatic heterocycles. The molecule has 0 fully saturated rings. The van der Waals surface area contributed by atoms with E-state index < -0.39 is 16.4 Å². The van der Waals surface area contributed by atoms with Gasteiger partial charge in [0.2, 0.25) is 11.8 Å². The van der Waals surface area contributed by atoms with Crippen LogP contribution < -0.4 is 10.5 Å². The molecule has 0 atom stereocenters. The Labute approximate surface area is 160 Å². The number of methoxy groups -OCH3 is 1. The van der Waals surface area contributed by atoms with Gasteiger partial charge in [0.15, 0.2) is 0 Å². The summed E-state index contributed by atoms with van der Waals surface area (Å²) in [7, 11) is 1.36. The van der Waals surface area contributed by atoms with Crippen LogP contribution in [0.1, 0.15) is 18.5 Å². The van der Waals surface area contributed by atoms with Crippen LogP contribution >= 0.6 is 0 Å². The molecular weight excluding hydrogens is 367 g/mol. The third kappa shape index (κ3) is 4.22. The fraction of sp³-hybridized carbons (Fsp3) is 0.278. The quantitative estimate of drug-likeness (QED) is 0.542. The number of hydrogen-bond donors (Lipinski definition) is 1. The number of nitrogens with two attached hydrogens (primary N) is 1. The van der Waals surface area contributed by atoms with Gasteiger partial charge in [-0.05, 0) is 31.4 Å². The molecule has 3 heterocycles. The molecule has 9 nitrogen and oxygen atoms in total. The van der Waals surface area contributed by atoms with Gasteiger partial charge >= 0.3 is 5.69 Å². The molecule has 0 aliphatic carbocycles. The molecule has 0 saturated heterocycles. The summed E-state index contributed by atoms with van der Waals surface area (Å²) in [6.45, 7) is 1.01. The number of ether oxygens (including phenoxy) is 1. The summed E-state index contributed by atoms with van der Waals surface area (Å²) in [6, 6.07) is 5.25. The normalized spacial score (nSPS) is 12.5. The highest BCUT2D eigenvalue weighted by Gasteiger charge is 2.16. The van der Waals surface area contributed by atoms with E-state index in [1.807, 2.05) is 12.3 Å². The monoisotopic (exact) mass is 386 g/mol. The zero-order valence-electron chi connectivity index (χ0n) is 15.2. The maximum absolute atomic E-state index is 12.8. The van der Waals surface area contributed by atoms with Gasteiger partial charge in [-0.25, -0.2) is 9.97 Å². The lowest BCUT2D eigenvalue weighted by Crippen LogP contribution is -2.11. The molecule has 1 aliphatic heterocycles. The van der Waals surface area contributed by atoms with Gasteiger partial charge in [0.05, 0.1) is 23.9 Å². The first kappa shape index (κ1) is 19.2. The Hall–Kier alpha value is -3.56. The fourth-order valence-corrected chi connectivity index (χ4v) is 2.92. The van der Waals surface area contributed by atoms with Crippen LogP contribution in [0.25, 0.3) is 11.3 Å². The van der Waals surface area contributed by atoms with E-state index in [1.165, 1.54) is 31.7 Å². The van der Waals surface area contributed by atoms with Crippen molar-refractivity contribution in [1.82, 2.24) is 19.7 Å². The second-order valence-corrected chi connectivity index (χ2v) is 6.06. The van der Waals surface area contributed by atoms with Crippen LogP contribution in [0.5, 0.6) is 5.75 Å². The smallest absolute Gasteiger partial charge is 0.305 e. The topological polar surface area (TPSA) is 122 Å². The van der Waals surface area contributed by atoms with Crippen molar-refractivity contribution in [3.8, 4) is 17.0 Å². The maximum Gasteiger partial charge on any atom is 0.305 e. The highest BCUT2D eigenvalue weighted by molar-refractivity contribution is 5.62. The van der Waals surface area contributed by atoms with E-state index in [0.717, 1.165) is 36.4 Å². The van der Waals surface area contributed by atoms with Crippen molar-refractivity contribution in [3.05, 3.63) is 58.3 Å². The van der Waals surface area contributed by atoms with Crippen molar-refractivity contribution >= 4 is 11.6 Å². The predicted octanol–water partition coefficient (Wildman–Crippen LogP) is 3.00. The van der Waals surface area contributed by atoms with E-state index in [2.05, 4.69) is 24.5 Å². The summed E-state index contributed by atoms with van der Waals surface area (Å²) in [5.74, 6) is -0.314. The third-order valence-corrected chi connectivity index (χ3v) is 4.28. The van der Waals surface area contributed by atoms with Crippen LogP contribution in [0.2, 0.25) is 0 Å². The number of benzene rings is 1. The minimum absolute atomic E-state index is 0.262. The van der Waals surface area contributed by atoms with Crippen molar-refractivity contribution in [2.75, 3.05) is 12.8 Å². The first-order valence-electron chi connectivity index (χ1n) is 8.61. The van der Waals surface area contributed by atoms with E-state index in [4.69, 9.17) is 5.73 Å². The van der Waals surface area contributed by atoms with Gasteiger partial charge in [-0.3, -0.25) is 14.8 Å². The lowest BCUT2D eigenvalue weighted by molar-refractivity contribution is -0.387. The molecule has 0 unspecified atom stereocenters. The molecule has 146 valence electrons. The number of anilines is 1. The molecular formula is C18H19FN6O3. The highest BCUT2D eigenvalue weighted by Crippen LogP contribution is 2.26. The highest BCUT2D eigenvalue weighted by atomic mass is 19.1. The zero-order chi connectivity index (χ0) is 20.1. The van der Waals surface area contributed by atoms with Crippen LogP contribution in [-0.4, -0.2) is 31.8 Å². The van der Waals surface area contributed by atoms with Crippen molar-refractivity contribution in [2.45, 2.75) is 25.8 Å². The van der Waals surface area contributed by atoms with Gasteiger partial charge in [-0.1, -0.05) is 0 Å². The Morgan fingerprint density at radius 1 is 1.32 bits per heavy atom. The Morgan fingerprint density at radius 3 is 2.82 bits per heavy atom. The molecule has 1 aliphatic rings. The van der Waals surface area contributed by atoms with E-state index >= 15 is 0 Å². The van der Waals surface area contributed by atoms with Crippen LogP contribution in [-0.2, 0) is 13.0 Å². The molecule has 0 bridgehead atoms. The summed E-state index contributed by atoms with van der Waals surface area (Å²) in [6.07, 6.45) is 7.06. The molecule has 3 aromatic rings. The number of rotatable bonds is 3. The Kier molecular flexibility index (Phi) is 5.78. The average molecular weight is 386 g/mol. The second-order valence-electron chi connectivity index (χ2n) is 6.06. The number of halogens is 1. The lowest BCUT2D eigenvalue weighted by Gasteiger charge is -2.14. The first-order chi connectivity index (χ1) is 13.5. The summed E-state index contributed by atoms with van der Waals surface area (Å²) < 4.78 is 19.5.